The Hall–Kier alpha value is -2.93. The monoisotopic (exact) mass is 378 g/mol. The number of aliphatic imine (C=N–C) groups is 2. The largest absolute Gasteiger partial charge is 0.503 e. The van der Waals surface area contributed by atoms with Crippen molar-refractivity contribution in [3.05, 3.63) is 46.7 Å². The minimum atomic E-state index is -2.95. The van der Waals surface area contributed by atoms with Crippen molar-refractivity contribution < 1.29 is 23.4 Å². The number of halogens is 3. The Morgan fingerprint density at radius 3 is 2.58 bits per heavy atom. The van der Waals surface area contributed by atoms with E-state index >= 15 is 0 Å². The second kappa shape index (κ2) is 7.53. The molecule has 8 heteroatoms. The summed E-state index contributed by atoms with van der Waals surface area (Å²) < 4.78 is 34.8. The van der Waals surface area contributed by atoms with Crippen LogP contribution in [0.2, 0.25) is 5.02 Å². The molecule has 0 bridgehead atoms. The van der Waals surface area contributed by atoms with Crippen LogP contribution in [0.15, 0.2) is 46.1 Å². The van der Waals surface area contributed by atoms with Gasteiger partial charge in [0.2, 0.25) is 0 Å². The lowest BCUT2D eigenvalue weighted by Crippen LogP contribution is -2.02. The third-order valence-electron chi connectivity index (χ3n) is 3.56. The molecule has 0 fully saturated rings. The van der Waals surface area contributed by atoms with Crippen LogP contribution in [-0.2, 0) is 0 Å². The van der Waals surface area contributed by atoms with E-state index in [2.05, 4.69) is 14.7 Å². The second-order valence-electron chi connectivity index (χ2n) is 5.17. The highest BCUT2D eigenvalue weighted by molar-refractivity contribution is 6.32. The van der Waals surface area contributed by atoms with Crippen molar-refractivity contribution >= 4 is 30.1 Å². The van der Waals surface area contributed by atoms with Crippen LogP contribution in [0.3, 0.4) is 0 Å². The quantitative estimate of drug-likeness (QED) is 0.814. The summed E-state index contributed by atoms with van der Waals surface area (Å²) in [4.78, 5) is 8.15. The number of ether oxygens (including phenoxy) is 2. The van der Waals surface area contributed by atoms with E-state index in [9.17, 15) is 13.9 Å². The van der Waals surface area contributed by atoms with Gasteiger partial charge in [-0.2, -0.15) is 8.78 Å². The maximum absolute atomic E-state index is 12.5. The molecule has 3 rings (SSSR count). The molecule has 26 heavy (non-hydrogen) atoms. The summed E-state index contributed by atoms with van der Waals surface area (Å²) in [5, 5.41) is 10.3. The van der Waals surface area contributed by atoms with Crippen molar-refractivity contribution in [2.75, 3.05) is 7.11 Å². The zero-order valence-electron chi connectivity index (χ0n) is 13.5. The summed E-state index contributed by atoms with van der Waals surface area (Å²) in [6.07, 6.45) is 4.70. The van der Waals surface area contributed by atoms with E-state index in [-0.39, 0.29) is 22.3 Å². The van der Waals surface area contributed by atoms with Crippen LogP contribution in [0.25, 0.3) is 17.2 Å². The van der Waals surface area contributed by atoms with E-state index in [1.165, 1.54) is 37.7 Å². The molecule has 0 aliphatic carbocycles. The molecule has 0 unspecified atom stereocenters. The highest BCUT2D eigenvalue weighted by atomic mass is 35.5. The minimum absolute atomic E-state index is 0.0236. The maximum Gasteiger partial charge on any atom is 0.387 e. The summed E-state index contributed by atoms with van der Waals surface area (Å²) in [7, 11) is 1.37. The van der Waals surface area contributed by atoms with Crippen molar-refractivity contribution in [1.29, 1.82) is 0 Å². The normalized spacial score (nSPS) is 12.7. The first-order valence-electron chi connectivity index (χ1n) is 7.42. The van der Waals surface area contributed by atoms with Crippen molar-refractivity contribution in [3.63, 3.8) is 0 Å². The fourth-order valence-corrected chi connectivity index (χ4v) is 2.74. The Morgan fingerprint density at radius 2 is 1.92 bits per heavy atom. The zero-order chi connectivity index (χ0) is 18.7. The van der Waals surface area contributed by atoms with Gasteiger partial charge in [0.05, 0.1) is 12.1 Å². The van der Waals surface area contributed by atoms with E-state index in [0.717, 1.165) is 0 Å². The van der Waals surface area contributed by atoms with Crippen molar-refractivity contribution in [2.45, 2.75) is 6.61 Å². The van der Waals surface area contributed by atoms with E-state index < -0.39 is 6.61 Å². The molecule has 1 aliphatic rings. The molecule has 0 aromatic heterocycles. The zero-order valence-corrected chi connectivity index (χ0v) is 14.2. The Morgan fingerprint density at radius 1 is 1.19 bits per heavy atom. The molecule has 5 nitrogen and oxygen atoms in total. The number of hydrogen-bond acceptors (Lipinski definition) is 5. The maximum atomic E-state index is 12.5. The lowest BCUT2D eigenvalue weighted by atomic mass is 9.97. The number of aromatic hydroxyl groups is 1. The van der Waals surface area contributed by atoms with Gasteiger partial charge < -0.3 is 14.6 Å². The first-order valence-corrected chi connectivity index (χ1v) is 7.80. The molecule has 0 amide bonds. The number of alkyl halides is 2. The molecular formula is C18H13ClF2N2O3. The van der Waals surface area contributed by atoms with Crippen molar-refractivity contribution in [1.82, 2.24) is 0 Å². The van der Waals surface area contributed by atoms with Gasteiger partial charge in [-0.15, -0.1) is 0 Å². The third kappa shape index (κ3) is 3.67. The Labute approximate surface area is 152 Å². The van der Waals surface area contributed by atoms with Crippen LogP contribution in [0, 0.1) is 0 Å². The summed E-state index contributed by atoms with van der Waals surface area (Å²) in [5.74, 6) is 0.244. The van der Waals surface area contributed by atoms with Crippen LogP contribution < -0.4 is 9.47 Å². The van der Waals surface area contributed by atoms with Crippen LogP contribution in [0.1, 0.15) is 5.56 Å². The van der Waals surface area contributed by atoms with E-state index in [0.29, 0.717) is 22.5 Å². The lowest BCUT2D eigenvalue weighted by molar-refractivity contribution is -0.0498. The van der Waals surface area contributed by atoms with Crippen LogP contribution >= 0.6 is 11.6 Å². The molecule has 0 radical (unpaired) electrons. The molecule has 0 saturated carbocycles. The average molecular weight is 379 g/mol. The first kappa shape index (κ1) is 17.9. The highest BCUT2D eigenvalue weighted by Crippen LogP contribution is 2.46. The van der Waals surface area contributed by atoms with Crippen molar-refractivity contribution in [3.8, 4) is 28.4 Å². The number of methoxy groups -OCH3 is 1. The number of nitrogens with zero attached hydrogens (tertiary/aromatic N) is 2. The van der Waals surface area contributed by atoms with Crippen LogP contribution in [0.5, 0.6) is 17.2 Å². The van der Waals surface area contributed by atoms with Gasteiger partial charge in [-0.3, -0.25) is 0 Å². The summed E-state index contributed by atoms with van der Waals surface area (Å²) in [6.45, 7) is -2.95. The Bertz CT molecular complexity index is 913. The Balaban J connectivity index is 2.21. The van der Waals surface area contributed by atoms with Gasteiger partial charge in [0.1, 0.15) is 5.75 Å². The number of hydrogen-bond donors (Lipinski definition) is 1. The minimum Gasteiger partial charge on any atom is -0.503 e. The molecular weight excluding hydrogens is 366 g/mol. The van der Waals surface area contributed by atoms with Gasteiger partial charge in [-0.1, -0.05) is 23.7 Å². The number of benzene rings is 2. The van der Waals surface area contributed by atoms with Gasteiger partial charge in [-0.05, 0) is 35.4 Å². The highest BCUT2D eigenvalue weighted by Gasteiger charge is 2.20. The van der Waals surface area contributed by atoms with Gasteiger partial charge in [0, 0.05) is 18.0 Å². The Kier molecular flexibility index (Phi) is 5.18. The number of rotatable bonds is 5. The van der Waals surface area contributed by atoms with Crippen LogP contribution in [0.4, 0.5) is 8.78 Å². The molecule has 1 N–H and O–H groups in total. The van der Waals surface area contributed by atoms with Gasteiger partial charge in [0.25, 0.3) is 0 Å². The molecule has 1 aliphatic heterocycles. The van der Waals surface area contributed by atoms with Gasteiger partial charge in [-0.25, -0.2) is 9.98 Å². The lowest BCUT2D eigenvalue weighted by Gasteiger charge is -2.16. The third-order valence-corrected chi connectivity index (χ3v) is 3.84. The SMILES string of the molecule is COc1c(O)c(Cl)cc(C=C2N=CC=N2)c1-c1cccc(OC(F)F)c1. The first-order chi connectivity index (χ1) is 12.5. The molecule has 0 saturated heterocycles. The number of phenols is 1. The molecule has 0 spiro atoms. The van der Waals surface area contributed by atoms with E-state index in [1.54, 1.807) is 18.2 Å². The molecule has 134 valence electrons. The van der Waals surface area contributed by atoms with Gasteiger partial charge in [0.15, 0.2) is 17.3 Å². The second-order valence-corrected chi connectivity index (χ2v) is 5.58. The van der Waals surface area contributed by atoms with Crippen LogP contribution in [-0.4, -0.2) is 31.3 Å². The molecule has 2 aromatic carbocycles. The van der Waals surface area contributed by atoms with E-state index in [1.807, 2.05) is 0 Å². The van der Waals surface area contributed by atoms with Crippen molar-refractivity contribution in [2.24, 2.45) is 9.98 Å². The predicted molar refractivity (Wildman–Crippen MR) is 96.7 cm³/mol. The number of phenolic OH excluding ortho intramolecular Hbond substituents is 1. The molecule has 0 atom stereocenters. The fraction of sp³-hybridized carbons (Fsp3) is 0.111. The molecule has 2 aromatic rings. The average Bonchev–Trinajstić information content (AvgIpc) is 3.10. The van der Waals surface area contributed by atoms with Gasteiger partial charge >= 0.3 is 6.61 Å². The molecule has 1 heterocycles. The summed E-state index contributed by atoms with van der Waals surface area (Å²) in [5.41, 5.74) is 1.48. The summed E-state index contributed by atoms with van der Waals surface area (Å²) >= 11 is 6.08. The summed E-state index contributed by atoms with van der Waals surface area (Å²) in [6, 6.07) is 7.57. The standard InChI is InChI=1S/C18H13ClF2N2O3/c1-25-17-15(10-3-2-4-12(7-10)26-18(20)21)11(8-13(19)16(17)24)9-14-22-5-6-23-14/h2-9,18,24H,1H3. The topological polar surface area (TPSA) is 63.4 Å². The smallest absolute Gasteiger partial charge is 0.387 e. The fourth-order valence-electron chi connectivity index (χ4n) is 2.54. The van der Waals surface area contributed by atoms with E-state index in [4.69, 9.17) is 16.3 Å². The predicted octanol–water partition coefficient (Wildman–Crippen LogP) is 4.78.